The summed E-state index contributed by atoms with van der Waals surface area (Å²) in [4.78, 5) is 35.0. The third kappa shape index (κ3) is 9.81. The lowest BCUT2D eigenvalue weighted by atomic mass is 9.99. The molecule has 0 aliphatic carbocycles. The molecule has 0 radical (unpaired) electrons. The van der Waals surface area contributed by atoms with Gasteiger partial charge in [0.05, 0.1) is 11.3 Å². The minimum atomic E-state index is 0.355. The third-order valence-electron chi connectivity index (χ3n) is 6.55. The molecule has 9 heteroatoms. The van der Waals surface area contributed by atoms with Gasteiger partial charge in [-0.15, -0.1) is 0 Å². The van der Waals surface area contributed by atoms with Crippen LogP contribution in [-0.4, -0.2) is 75.6 Å². The Kier molecular flexibility index (Phi) is 13.1. The van der Waals surface area contributed by atoms with Gasteiger partial charge in [-0.1, -0.05) is 31.9 Å². The fourth-order valence-corrected chi connectivity index (χ4v) is 4.42. The van der Waals surface area contributed by atoms with E-state index in [1.54, 1.807) is 6.20 Å². The Labute approximate surface area is 221 Å². The molecule has 1 atom stereocenters. The Morgan fingerprint density at radius 2 is 2.22 bits per heavy atom. The SMILES string of the molecule is C=N/C(C=O)=C(\C=C1\CCCN(c2cc(NCC(C)CCC)c(C#N)cn2)C1)CCN(C)CCNC=O. The lowest BCUT2D eigenvalue weighted by molar-refractivity contribution is -0.109. The number of allylic oxidation sites excluding steroid dienone is 2. The van der Waals surface area contributed by atoms with Crippen LogP contribution in [0, 0.1) is 17.2 Å². The number of rotatable bonds is 16. The van der Waals surface area contributed by atoms with Crippen LogP contribution in [0.3, 0.4) is 0 Å². The monoisotopic (exact) mass is 507 g/mol. The van der Waals surface area contributed by atoms with Crippen molar-refractivity contribution < 1.29 is 9.59 Å². The minimum Gasteiger partial charge on any atom is -0.384 e. The zero-order valence-electron chi connectivity index (χ0n) is 22.5. The number of aromatic nitrogens is 1. The molecule has 1 aliphatic rings. The van der Waals surface area contributed by atoms with Crippen molar-refractivity contribution in [1.29, 1.82) is 5.26 Å². The number of hydrogen-bond acceptors (Lipinski definition) is 8. The number of aldehydes is 1. The second kappa shape index (κ2) is 16.3. The molecular weight excluding hydrogens is 466 g/mol. The summed E-state index contributed by atoms with van der Waals surface area (Å²) < 4.78 is 0. The Hall–Kier alpha value is -3.51. The number of pyridine rings is 1. The van der Waals surface area contributed by atoms with Crippen LogP contribution in [0.2, 0.25) is 0 Å². The minimum absolute atomic E-state index is 0.355. The quantitative estimate of drug-likeness (QED) is 0.152. The Morgan fingerprint density at radius 3 is 2.89 bits per heavy atom. The summed E-state index contributed by atoms with van der Waals surface area (Å²) >= 11 is 0. The van der Waals surface area contributed by atoms with Crippen molar-refractivity contribution in [2.24, 2.45) is 10.9 Å². The number of amides is 1. The molecule has 2 rings (SSSR count). The van der Waals surface area contributed by atoms with Gasteiger partial charge in [0, 0.05) is 51.5 Å². The zero-order valence-corrected chi connectivity index (χ0v) is 22.5. The van der Waals surface area contributed by atoms with Gasteiger partial charge >= 0.3 is 0 Å². The van der Waals surface area contributed by atoms with Gasteiger partial charge < -0.3 is 20.4 Å². The van der Waals surface area contributed by atoms with E-state index in [9.17, 15) is 14.9 Å². The van der Waals surface area contributed by atoms with E-state index < -0.39 is 0 Å². The number of likely N-dealkylation sites (N-methyl/N-ethyl adjacent to an activating group) is 1. The zero-order chi connectivity index (χ0) is 27.0. The summed E-state index contributed by atoms with van der Waals surface area (Å²) in [5.41, 5.74) is 3.78. The van der Waals surface area contributed by atoms with E-state index in [1.165, 1.54) is 5.57 Å². The normalized spacial score (nSPS) is 16.1. The van der Waals surface area contributed by atoms with E-state index in [0.29, 0.717) is 49.6 Å². The standard InChI is InChI=1S/C28H41N7O2/c1-5-7-22(2)17-32-26-15-28(33-18-25(26)16-29)35-11-6-8-23(19-35)14-24(27(20-36)30-3)9-12-34(4)13-10-31-21-37/h14-15,18,20-22H,3,5-13,17,19H2,1-2,4H3,(H,31,37)(H,32,33)/b23-14-,27-24-. The number of aliphatic imine (C=N–C) groups is 1. The third-order valence-corrected chi connectivity index (χ3v) is 6.55. The fourth-order valence-electron chi connectivity index (χ4n) is 4.42. The molecule has 0 aromatic carbocycles. The maximum Gasteiger partial charge on any atom is 0.207 e. The largest absolute Gasteiger partial charge is 0.384 e. The molecule has 0 spiro atoms. The van der Waals surface area contributed by atoms with Crippen molar-refractivity contribution in [1.82, 2.24) is 15.2 Å². The predicted molar refractivity (Wildman–Crippen MR) is 150 cm³/mol. The van der Waals surface area contributed by atoms with Gasteiger partial charge in [0.25, 0.3) is 0 Å². The Balaban J connectivity index is 2.18. The first-order valence-electron chi connectivity index (χ1n) is 13.0. The van der Waals surface area contributed by atoms with E-state index in [4.69, 9.17) is 0 Å². The molecule has 1 unspecified atom stereocenters. The highest BCUT2D eigenvalue weighted by molar-refractivity contribution is 5.76. The summed E-state index contributed by atoms with van der Waals surface area (Å²) in [5.74, 6) is 1.36. The molecule has 1 fully saturated rings. The molecule has 1 saturated heterocycles. The van der Waals surface area contributed by atoms with Gasteiger partial charge in [-0.25, -0.2) is 4.98 Å². The van der Waals surface area contributed by atoms with E-state index in [-0.39, 0.29) is 0 Å². The van der Waals surface area contributed by atoms with Crippen LogP contribution in [-0.2, 0) is 9.59 Å². The average Bonchev–Trinajstić information content (AvgIpc) is 2.91. The average molecular weight is 508 g/mol. The molecule has 0 bridgehead atoms. The maximum absolute atomic E-state index is 11.7. The molecule has 0 saturated carbocycles. The topological polar surface area (TPSA) is 114 Å². The summed E-state index contributed by atoms with van der Waals surface area (Å²) in [6.07, 6.45) is 9.99. The first-order chi connectivity index (χ1) is 17.9. The molecule has 2 heterocycles. The lowest BCUT2D eigenvalue weighted by Crippen LogP contribution is -2.32. The van der Waals surface area contributed by atoms with Crippen LogP contribution in [0.5, 0.6) is 0 Å². The van der Waals surface area contributed by atoms with Crippen LogP contribution in [0.15, 0.2) is 40.2 Å². The van der Waals surface area contributed by atoms with Gasteiger partial charge in [-0.2, -0.15) is 5.26 Å². The first-order valence-corrected chi connectivity index (χ1v) is 13.0. The summed E-state index contributed by atoms with van der Waals surface area (Å²) in [7, 11) is 1.98. The Morgan fingerprint density at radius 1 is 1.41 bits per heavy atom. The first kappa shape index (κ1) is 29.7. The second-order valence-corrected chi connectivity index (χ2v) is 9.61. The van der Waals surface area contributed by atoms with E-state index in [2.05, 4.69) is 63.1 Å². The van der Waals surface area contributed by atoms with Crippen molar-refractivity contribution in [2.45, 2.75) is 46.0 Å². The highest BCUT2D eigenvalue weighted by Gasteiger charge is 2.19. The van der Waals surface area contributed by atoms with Gasteiger partial charge in [-0.05, 0) is 50.9 Å². The van der Waals surface area contributed by atoms with Crippen molar-refractivity contribution in [3.05, 3.63) is 40.7 Å². The van der Waals surface area contributed by atoms with Crippen LogP contribution in [0.4, 0.5) is 11.5 Å². The van der Waals surface area contributed by atoms with Crippen LogP contribution in [0.1, 0.15) is 51.5 Å². The summed E-state index contributed by atoms with van der Waals surface area (Å²) in [6.45, 7) is 12.3. The number of carbonyl (C=O) groups is 2. The number of nitrogens with one attached hydrogen (secondary N) is 2. The number of anilines is 2. The van der Waals surface area contributed by atoms with Crippen molar-refractivity contribution in [3.8, 4) is 6.07 Å². The fraction of sp³-hybridized carbons (Fsp3) is 0.536. The van der Waals surface area contributed by atoms with Crippen molar-refractivity contribution in [3.63, 3.8) is 0 Å². The number of piperidine rings is 1. The molecule has 1 aromatic rings. The van der Waals surface area contributed by atoms with E-state index in [1.807, 2.05) is 13.1 Å². The smallest absolute Gasteiger partial charge is 0.207 e. The maximum atomic E-state index is 11.7. The van der Waals surface area contributed by atoms with Gasteiger partial charge in [-0.3, -0.25) is 14.6 Å². The van der Waals surface area contributed by atoms with Crippen LogP contribution in [0.25, 0.3) is 0 Å². The highest BCUT2D eigenvalue weighted by Crippen LogP contribution is 2.27. The molecule has 2 N–H and O–H groups in total. The van der Waals surface area contributed by atoms with E-state index >= 15 is 0 Å². The summed E-state index contributed by atoms with van der Waals surface area (Å²) in [5, 5.41) is 15.7. The molecule has 1 aromatic heterocycles. The summed E-state index contributed by atoms with van der Waals surface area (Å²) in [6, 6.07) is 4.22. The number of hydrogen-bond donors (Lipinski definition) is 2. The number of carbonyl (C=O) groups excluding carboxylic acids is 2. The van der Waals surface area contributed by atoms with Crippen molar-refractivity contribution >= 4 is 30.9 Å². The van der Waals surface area contributed by atoms with Gasteiger partial charge in [0.15, 0.2) is 6.29 Å². The van der Waals surface area contributed by atoms with Gasteiger partial charge in [0.1, 0.15) is 17.6 Å². The number of nitrogens with zero attached hydrogens (tertiary/aromatic N) is 5. The van der Waals surface area contributed by atoms with E-state index in [0.717, 1.165) is 68.7 Å². The molecular formula is C28H41N7O2. The molecule has 37 heavy (non-hydrogen) atoms. The molecule has 1 aliphatic heterocycles. The van der Waals surface area contributed by atoms with Gasteiger partial charge in [0.2, 0.25) is 6.41 Å². The number of nitriles is 1. The second-order valence-electron chi connectivity index (χ2n) is 9.61. The molecule has 200 valence electrons. The van der Waals surface area contributed by atoms with Crippen LogP contribution < -0.4 is 15.5 Å². The van der Waals surface area contributed by atoms with Crippen LogP contribution >= 0.6 is 0 Å². The predicted octanol–water partition coefficient (Wildman–Crippen LogP) is 3.55. The van der Waals surface area contributed by atoms with Crippen molar-refractivity contribution in [2.75, 3.05) is 56.5 Å². The lowest BCUT2D eigenvalue weighted by Gasteiger charge is -2.30. The molecule has 9 nitrogen and oxygen atoms in total. The molecule has 1 amide bonds. The Bertz CT molecular complexity index is 1000. The highest BCUT2D eigenvalue weighted by atomic mass is 16.1.